The number of likely N-dealkylation sites (N-methyl/N-ethyl adjacent to an activating group) is 1. The van der Waals surface area contributed by atoms with Crippen LogP contribution in [-0.2, 0) is 9.59 Å². The van der Waals surface area contributed by atoms with Gasteiger partial charge in [0.2, 0.25) is 5.91 Å². The molecule has 4 N–H and O–H groups in total. The molecule has 204 valence electrons. The Morgan fingerprint density at radius 1 is 0.735 bits per heavy atom. The van der Waals surface area contributed by atoms with E-state index in [0.717, 1.165) is 12.8 Å². The Labute approximate surface area is 208 Å². The van der Waals surface area contributed by atoms with Crippen molar-refractivity contribution in [3.63, 3.8) is 0 Å². The van der Waals surface area contributed by atoms with Crippen molar-refractivity contribution in [3.8, 4) is 0 Å². The quantitative estimate of drug-likeness (QED) is 0.104. The van der Waals surface area contributed by atoms with E-state index in [-0.39, 0.29) is 13.0 Å². The summed E-state index contributed by atoms with van der Waals surface area (Å²) >= 11 is 0. The zero-order valence-corrected chi connectivity index (χ0v) is 22.4. The first-order chi connectivity index (χ1) is 15.9. The van der Waals surface area contributed by atoms with Crippen molar-refractivity contribution in [3.05, 3.63) is 0 Å². The van der Waals surface area contributed by atoms with Crippen molar-refractivity contribution in [2.75, 3.05) is 34.2 Å². The third-order valence-corrected chi connectivity index (χ3v) is 5.51. The van der Waals surface area contributed by atoms with Crippen molar-refractivity contribution in [2.24, 2.45) is 0 Å². The van der Waals surface area contributed by atoms with Gasteiger partial charge in [-0.1, -0.05) is 103 Å². The van der Waals surface area contributed by atoms with Crippen LogP contribution in [-0.4, -0.2) is 71.9 Å². The van der Waals surface area contributed by atoms with Crippen molar-refractivity contribution in [1.29, 1.82) is 0 Å². The maximum atomic E-state index is 10.4. The number of carboxylic acids is 2. The number of nitrogens with zero attached hydrogens (tertiary/aromatic N) is 1. The molecule has 34 heavy (non-hydrogen) atoms. The Morgan fingerprint density at radius 3 is 1.35 bits per heavy atom. The molecule has 0 aliphatic carbocycles. The maximum Gasteiger partial charge on any atom is 0.317 e. The minimum atomic E-state index is -2.06. The molecular weight excluding hydrogens is 436 g/mol. The van der Waals surface area contributed by atoms with Crippen LogP contribution in [0.2, 0.25) is 0 Å². The van der Waals surface area contributed by atoms with Gasteiger partial charge in [0, 0.05) is 6.42 Å². The van der Waals surface area contributed by atoms with Gasteiger partial charge < -0.3 is 29.7 Å². The Morgan fingerprint density at radius 2 is 1.09 bits per heavy atom. The van der Waals surface area contributed by atoms with Gasteiger partial charge in [-0.05, 0) is 6.42 Å². The molecule has 0 saturated carbocycles. The van der Waals surface area contributed by atoms with E-state index < -0.39 is 24.4 Å². The molecule has 0 aliphatic heterocycles. The minimum Gasteiger partial charge on any atom is -0.544 e. The number of aliphatic hydroxyl groups is 2. The molecule has 0 unspecified atom stereocenters. The normalized spacial score (nSPS) is 11.7. The molecule has 0 aromatic heterocycles. The van der Waals surface area contributed by atoms with E-state index in [1.165, 1.54) is 83.5 Å². The van der Waals surface area contributed by atoms with E-state index in [9.17, 15) is 24.9 Å². The highest BCUT2D eigenvalue weighted by molar-refractivity contribution is 5.69. The van der Waals surface area contributed by atoms with Crippen LogP contribution in [0.15, 0.2) is 0 Å². The summed E-state index contributed by atoms with van der Waals surface area (Å²) in [6.07, 6.45) is 20.5. The van der Waals surface area contributed by atoms with Gasteiger partial charge in [0.25, 0.3) is 0 Å². The fourth-order valence-electron chi connectivity index (χ4n) is 3.61. The van der Waals surface area contributed by atoms with E-state index >= 15 is 0 Å². The van der Waals surface area contributed by atoms with Gasteiger partial charge in [-0.15, -0.1) is 0 Å². The Bertz CT molecular complexity index is 492. The molecule has 8 nitrogen and oxygen atoms in total. The first-order valence-corrected chi connectivity index (χ1v) is 13.3. The molecule has 0 aliphatic rings. The highest BCUT2D eigenvalue weighted by Gasteiger charge is 2.22. The number of rotatable bonds is 22. The first-order valence-electron chi connectivity index (χ1n) is 13.3. The summed E-state index contributed by atoms with van der Waals surface area (Å²) in [6, 6.07) is 0. The van der Waals surface area contributed by atoms with Crippen LogP contribution in [0, 0.1) is 0 Å². The van der Waals surface area contributed by atoms with Crippen LogP contribution in [0.4, 0.5) is 0 Å². The van der Waals surface area contributed by atoms with E-state index in [1.54, 1.807) is 21.1 Å². The van der Waals surface area contributed by atoms with Crippen molar-refractivity contribution in [2.45, 2.75) is 122 Å². The van der Waals surface area contributed by atoms with Crippen LogP contribution in [0.3, 0.4) is 0 Å². The zero-order chi connectivity index (χ0) is 26.3. The maximum absolute atomic E-state index is 10.4. The van der Waals surface area contributed by atoms with Crippen molar-refractivity contribution >= 4 is 11.9 Å². The van der Waals surface area contributed by atoms with Crippen LogP contribution in [0.5, 0.6) is 0 Å². The second-order valence-corrected chi connectivity index (χ2v) is 10.4. The van der Waals surface area contributed by atoms with Gasteiger partial charge in [-0.25, -0.2) is 0 Å². The van der Waals surface area contributed by atoms with E-state index in [0.29, 0.717) is 10.9 Å². The molecule has 0 aromatic rings. The Kier molecular flexibility index (Phi) is 22.9. The van der Waals surface area contributed by atoms with Gasteiger partial charge in [0.05, 0.1) is 33.7 Å². The molecule has 0 aromatic carbocycles. The van der Waals surface area contributed by atoms with E-state index in [1.807, 2.05) is 0 Å². The molecule has 0 saturated heterocycles. The van der Waals surface area contributed by atoms with E-state index in [4.69, 9.17) is 5.11 Å². The Hall–Kier alpha value is -1.22. The van der Waals surface area contributed by atoms with E-state index in [2.05, 4.69) is 12.2 Å². The van der Waals surface area contributed by atoms with Gasteiger partial charge in [-0.3, -0.25) is 10.1 Å². The second-order valence-electron chi connectivity index (χ2n) is 10.4. The van der Waals surface area contributed by atoms with Crippen LogP contribution in [0.1, 0.15) is 116 Å². The molecule has 8 heteroatoms. The largest absolute Gasteiger partial charge is 0.544 e. The minimum absolute atomic E-state index is 0.0694. The predicted octanol–water partition coefficient (Wildman–Crippen LogP) is 3.39. The van der Waals surface area contributed by atoms with Gasteiger partial charge >= 0.3 is 5.97 Å². The molecule has 0 radical (unpaired) electrons. The molecule has 0 atom stereocenters. The van der Waals surface area contributed by atoms with Gasteiger partial charge in [-0.2, -0.15) is 0 Å². The summed E-state index contributed by atoms with van der Waals surface area (Å²) in [5.41, 5.74) is 0. The number of aliphatic carboxylic acids is 2. The number of unbranched alkanes of at least 4 members (excludes halogenated alkanes) is 15. The van der Waals surface area contributed by atoms with Crippen molar-refractivity contribution in [1.82, 2.24) is 5.32 Å². The Balaban J connectivity index is 0. The summed E-state index contributed by atoms with van der Waals surface area (Å²) in [4.78, 5) is 20.3. The number of quaternary nitrogens is 1. The molecule has 0 rings (SSSR count). The summed E-state index contributed by atoms with van der Waals surface area (Å²) in [5, 5.41) is 39.7. The SMILES string of the molecule is CCCCCCCCCCCCCCCCCCC(O)(O)NCC(=O)O.C[N+](C)(C)CC(=O)[O-]. The number of carbonyl (C=O) groups excluding carboxylic acids is 1. The molecule has 0 bridgehead atoms. The second kappa shape index (κ2) is 22.3. The molecular formula is C26H54N2O6. The summed E-state index contributed by atoms with van der Waals surface area (Å²) in [5.74, 6) is -4.16. The smallest absolute Gasteiger partial charge is 0.317 e. The number of hydrogen-bond donors (Lipinski definition) is 4. The van der Waals surface area contributed by atoms with Crippen LogP contribution >= 0.6 is 0 Å². The third-order valence-electron chi connectivity index (χ3n) is 5.51. The van der Waals surface area contributed by atoms with Crippen LogP contribution < -0.4 is 10.4 Å². The highest BCUT2D eigenvalue weighted by Crippen LogP contribution is 2.15. The fourth-order valence-corrected chi connectivity index (χ4v) is 3.61. The average Bonchev–Trinajstić information content (AvgIpc) is 2.70. The van der Waals surface area contributed by atoms with Gasteiger partial charge in [0.1, 0.15) is 6.54 Å². The summed E-state index contributed by atoms with van der Waals surface area (Å²) in [7, 11) is 5.40. The molecule has 0 amide bonds. The predicted molar refractivity (Wildman–Crippen MR) is 135 cm³/mol. The lowest BCUT2D eigenvalue weighted by molar-refractivity contribution is -0.864. The summed E-state index contributed by atoms with van der Waals surface area (Å²) in [6.45, 7) is 1.89. The number of carbonyl (C=O) groups is 2. The molecule has 0 fully saturated rings. The third kappa shape index (κ3) is 33.0. The summed E-state index contributed by atoms with van der Waals surface area (Å²) < 4.78 is 0.419. The first kappa shape index (κ1) is 34.9. The molecule has 0 spiro atoms. The number of nitrogens with one attached hydrogen (secondary N) is 1. The topological polar surface area (TPSA) is 130 Å². The average molecular weight is 491 g/mol. The lowest BCUT2D eigenvalue weighted by atomic mass is 10.0. The zero-order valence-electron chi connectivity index (χ0n) is 22.4. The lowest BCUT2D eigenvalue weighted by Crippen LogP contribution is -2.47. The standard InChI is InChI=1S/C21H43NO4.C5H11NO2/c1-2-3-4-5-6-7-8-9-10-11-12-13-14-15-16-17-18-21(25,26)22-19-20(23)24;1-6(2,3)4-5(7)8/h22,25-26H,2-19H2,1H3,(H,23,24);4H2,1-3H3. The highest BCUT2D eigenvalue weighted by atomic mass is 16.5. The monoisotopic (exact) mass is 490 g/mol. The van der Waals surface area contributed by atoms with Crippen molar-refractivity contribution < 1.29 is 34.5 Å². The lowest BCUT2D eigenvalue weighted by Gasteiger charge is -2.23. The number of carboxylic acid groups (broad SMARTS) is 2. The van der Waals surface area contributed by atoms with Gasteiger partial charge in [0.15, 0.2) is 0 Å². The van der Waals surface area contributed by atoms with Crippen LogP contribution in [0.25, 0.3) is 0 Å². The fraction of sp³-hybridized carbons (Fsp3) is 0.923. The molecule has 0 heterocycles. The number of hydrogen-bond acceptors (Lipinski definition) is 6.